The molecule has 2 rings (SSSR count). The van der Waals surface area contributed by atoms with E-state index in [0.717, 1.165) is 12.1 Å². The van der Waals surface area contributed by atoms with Gasteiger partial charge in [0.2, 0.25) is 0 Å². The molecule has 0 unspecified atom stereocenters. The Morgan fingerprint density at radius 3 is 2.56 bits per heavy atom. The Hall–Kier alpha value is -1.08. The Kier molecular flexibility index (Phi) is 2.29. The summed E-state index contributed by atoms with van der Waals surface area (Å²) >= 11 is 2.96. The third kappa shape index (κ3) is 1.42. The Labute approximate surface area is 96.0 Å². The number of halogens is 4. The monoisotopic (exact) mass is 296 g/mol. The van der Waals surface area contributed by atoms with E-state index in [1.54, 1.807) is 0 Å². The summed E-state index contributed by atoms with van der Waals surface area (Å²) in [6.45, 7) is 0. The fraction of sp³-hybridized carbons (Fsp3) is 0.222. The molecule has 7 heteroatoms. The number of benzene rings is 1. The molecule has 0 spiro atoms. The molecule has 1 aromatic rings. The zero-order valence-electron chi connectivity index (χ0n) is 7.51. The molecule has 0 aliphatic carbocycles. The third-order valence-corrected chi connectivity index (χ3v) is 2.68. The summed E-state index contributed by atoms with van der Waals surface area (Å²) in [4.78, 5) is 11.1. The predicted octanol–water partition coefficient (Wildman–Crippen LogP) is 2.33. The van der Waals surface area contributed by atoms with Crippen LogP contribution in [0.1, 0.15) is 15.9 Å². The molecular formula is C9H4BrF3O3. The van der Waals surface area contributed by atoms with E-state index in [1.165, 1.54) is 6.07 Å². The van der Waals surface area contributed by atoms with Crippen LogP contribution in [0.15, 0.2) is 22.7 Å². The van der Waals surface area contributed by atoms with Gasteiger partial charge in [0.1, 0.15) is 0 Å². The zero-order valence-corrected chi connectivity index (χ0v) is 9.09. The molecule has 16 heavy (non-hydrogen) atoms. The maximum Gasteiger partial charge on any atom is 0.460 e. The number of carbonyl (C=O) groups excluding carboxylic acids is 1. The van der Waals surface area contributed by atoms with Crippen molar-refractivity contribution in [3.63, 3.8) is 0 Å². The van der Waals surface area contributed by atoms with Gasteiger partial charge in [-0.25, -0.2) is 4.79 Å². The number of ether oxygens (including phenoxy) is 1. The molecule has 1 aliphatic heterocycles. The van der Waals surface area contributed by atoms with Crippen molar-refractivity contribution >= 4 is 21.9 Å². The van der Waals surface area contributed by atoms with Crippen LogP contribution in [-0.4, -0.2) is 17.3 Å². The number of rotatable bonds is 0. The minimum Gasteiger partial charge on any atom is -0.415 e. The van der Waals surface area contributed by atoms with E-state index >= 15 is 0 Å². The quantitative estimate of drug-likeness (QED) is 0.748. The smallest absolute Gasteiger partial charge is 0.415 e. The Bertz CT molecular complexity index is 472. The zero-order chi connectivity index (χ0) is 12.1. The molecule has 0 aromatic heterocycles. The standard InChI is InChI=1S/C9H4BrF3O3/c10-4-1-2-5-6(3-4)8(15,9(11,12)13)16-7(5)14/h1-3,15H/t8-/m0/s1. The second-order valence-corrected chi connectivity index (χ2v) is 4.14. The highest BCUT2D eigenvalue weighted by Gasteiger charge is 2.63. The molecule has 86 valence electrons. The molecule has 0 amide bonds. The van der Waals surface area contributed by atoms with Gasteiger partial charge in [0.05, 0.1) is 5.56 Å². The topological polar surface area (TPSA) is 46.5 Å². The van der Waals surface area contributed by atoms with Crippen LogP contribution in [0.25, 0.3) is 0 Å². The first-order valence-electron chi connectivity index (χ1n) is 4.08. The maximum atomic E-state index is 12.6. The van der Waals surface area contributed by atoms with Crippen LogP contribution in [0, 0.1) is 0 Å². The van der Waals surface area contributed by atoms with Gasteiger partial charge in [-0.3, -0.25) is 0 Å². The lowest BCUT2D eigenvalue weighted by molar-refractivity contribution is -0.349. The van der Waals surface area contributed by atoms with E-state index < -0.39 is 23.5 Å². The number of carbonyl (C=O) groups is 1. The van der Waals surface area contributed by atoms with Crippen molar-refractivity contribution < 1.29 is 27.8 Å². The first kappa shape index (κ1) is 11.4. The van der Waals surface area contributed by atoms with Crippen molar-refractivity contribution in [2.24, 2.45) is 0 Å². The lowest BCUT2D eigenvalue weighted by atomic mass is 10.0. The van der Waals surface area contributed by atoms with Crippen LogP contribution in [0.3, 0.4) is 0 Å². The van der Waals surface area contributed by atoms with Crippen LogP contribution in [0.5, 0.6) is 0 Å². The highest BCUT2D eigenvalue weighted by Crippen LogP contribution is 2.46. The van der Waals surface area contributed by atoms with Crippen molar-refractivity contribution in [3.05, 3.63) is 33.8 Å². The molecule has 1 aliphatic rings. The Balaban J connectivity index is 2.66. The van der Waals surface area contributed by atoms with E-state index in [9.17, 15) is 23.1 Å². The maximum absolute atomic E-state index is 12.6. The highest BCUT2D eigenvalue weighted by atomic mass is 79.9. The van der Waals surface area contributed by atoms with E-state index in [1.807, 2.05) is 0 Å². The fourth-order valence-electron chi connectivity index (χ4n) is 1.43. The molecule has 1 N–H and O–H groups in total. The van der Waals surface area contributed by atoms with E-state index in [-0.39, 0.29) is 5.56 Å². The number of esters is 1. The molecule has 1 aromatic carbocycles. The molecule has 0 bridgehead atoms. The van der Waals surface area contributed by atoms with Gasteiger partial charge in [-0.15, -0.1) is 0 Å². The molecule has 1 atom stereocenters. The summed E-state index contributed by atoms with van der Waals surface area (Å²) in [5, 5.41) is 9.39. The number of alkyl halides is 3. The van der Waals surface area contributed by atoms with Gasteiger partial charge in [-0.2, -0.15) is 13.2 Å². The minimum absolute atomic E-state index is 0.289. The van der Waals surface area contributed by atoms with Gasteiger partial charge in [0.15, 0.2) is 0 Å². The van der Waals surface area contributed by atoms with Crippen molar-refractivity contribution in [2.75, 3.05) is 0 Å². The molecular weight excluding hydrogens is 293 g/mol. The van der Waals surface area contributed by atoms with Gasteiger partial charge >= 0.3 is 17.9 Å². The van der Waals surface area contributed by atoms with Crippen LogP contribution in [0.4, 0.5) is 13.2 Å². The lowest BCUT2D eigenvalue weighted by Gasteiger charge is -2.24. The van der Waals surface area contributed by atoms with Crippen LogP contribution < -0.4 is 0 Å². The number of cyclic esters (lactones) is 1. The number of hydrogen-bond donors (Lipinski definition) is 1. The third-order valence-electron chi connectivity index (χ3n) is 2.19. The normalized spacial score (nSPS) is 24.2. The van der Waals surface area contributed by atoms with Crippen molar-refractivity contribution in [3.8, 4) is 0 Å². The largest absolute Gasteiger partial charge is 0.460 e. The van der Waals surface area contributed by atoms with Crippen LogP contribution >= 0.6 is 15.9 Å². The van der Waals surface area contributed by atoms with E-state index in [2.05, 4.69) is 20.7 Å². The van der Waals surface area contributed by atoms with Gasteiger partial charge in [0, 0.05) is 10.0 Å². The van der Waals surface area contributed by atoms with Crippen molar-refractivity contribution in [1.29, 1.82) is 0 Å². The number of hydrogen-bond acceptors (Lipinski definition) is 3. The van der Waals surface area contributed by atoms with Crippen LogP contribution in [-0.2, 0) is 10.5 Å². The Morgan fingerprint density at radius 1 is 1.38 bits per heavy atom. The minimum atomic E-state index is -5.07. The summed E-state index contributed by atoms with van der Waals surface area (Å²) in [6, 6.07) is 3.56. The van der Waals surface area contributed by atoms with Gasteiger partial charge in [-0.05, 0) is 18.2 Å². The number of fused-ring (bicyclic) bond motifs is 1. The molecule has 3 nitrogen and oxygen atoms in total. The Morgan fingerprint density at radius 2 is 2.00 bits per heavy atom. The fourth-order valence-corrected chi connectivity index (χ4v) is 1.79. The molecule has 0 radical (unpaired) electrons. The second-order valence-electron chi connectivity index (χ2n) is 3.22. The average molecular weight is 297 g/mol. The summed E-state index contributed by atoms with van der Waals surface area (Å²) in [6.07, 6.45) is -5.07. The first-order valence-corrected chi connectivity index (χ1v) is 4.87. The second kappa shape index (κ2) is 3.21. The van der Waals surface area contributed by atoms with Gasteiger partial charge in [-0.1, -0.05) is 15.9 Å². The van der Waals surface area contributed by atoms with Crippen molar-refractivity contribution in [1.82, 2.24) is 0 Å². The SMILES string of the molecule is O=C1O[C@](O)(C(F)(F)F)c2cc(Br)ccc21. The highest BCUT2D eigenvalue weighted by molar-refractivity contribution is 9.10. The summed E-state index contributed by atoms with van der Waals surface area (Å²) in [7, 11) is 0. The summed E-state index contributed by atoms with van der Waals surface area (Å²) < 4.78 is 42.1. The molecule has 0 saturated carbocycles. The van der Waals surface area contributed by atoms with Gasteiger partial charge < -0.3 is 9.84 Å². The molecule has 0 saturated heterocycles. The molecule has 0 fully saturated rings. The first-order chi connectivity index (χ1) is 7.25. The summed E-state index contributed by atoms with van der Waals surface area (Å²) in [5.74, 6) is -4.74. The van der Waals surface area contributed by atoms with E-state index in [0.29, 0.717) is 4.47 Å². The van der Waals surface area contributed by atoms with Crippen molar-refractivity contribution in [2.45, 2.75) is 12.0 Å². The molecule has 1 heterocycles. The lowest BCUT2D eigenvalue weighted by Crippen LogP contribution is -2.42. The van der Waals surface area contributed by atoms with Crippen LogP contribution in [0.2, 0.25) is 0 Å². The number of aliphatic hydroxyl groups is 1. The predicted molar refractivity (Wildman–Crippen MR) is 49.5 cm³/mol. The summed E-state index contributed by atoms with van der Waals surface area (Å²) in [5.41, 5.74) is -0.887. The average Bonchev–Trinajstić information content (AvgIpc) is 2.39. The van der Waals surface area contributed by atoms with E-state index in [4.69, 9.17) is 0 Å². The van der Waals surface area contributed by atoms with Gasteiger partial charge in [0.25, 0.3) is 0 Å².